The van der Waals surface area contributed by atoms with Crippen LogP contribution in [0, 0.1) is 10.1 Å². The zero-order chi connectivity index (χ0) is 20.7. The van der Waals surface area contributed by atoms with E-state index < -0.39 is 22.8 Å². The molecule has 2 aromatic carbocycles. The highest BCUT2D eigenvalue weighted by atomic mass is 35.5. The summed E-state index contributed by atoms with van der Waals surface area (Å²) in [4.78, 5) is 33.9. The third-order valence-electron chi connectivity index (χ3n) is 3.85. The van der Waals surface area contributed by atoms with Crippen LogP contribution >= 0.6 is 11.6 Å². The van der Waals surface area contributed by atoms with E-state index in [2.05, 4.69) is 5.32 Å². The third-order valence-corrected chi connectivity index (χ3v) is 4.16. The number of carboxylic acid groups (broad SMARTS) is 1. The van der Waals surface area contributed by atoms with Crippen molar-refractivity contribution in [2.45, 2.75) is 25.8 Å². The van der Waals surface area contributed by atoms with E-state index in [1.807, 2.05) is 6.92 Å². The van der Waals surface area contributed by atoms with Gasteiger partial charge in [0.25, 0.3) is 11.6 Å². The van der Waals surface area contributed by atoms with Crippen LogP contribution in [0.2, 0.25) is 5.02 Å². The largest absolute Gasteiger partial charge is 0.494 e. The fraction of sp³-hybridized carbons (Fsp3) is 0.263. The van der Waals surface area contributed by atoms with Crippen LogP contribution in [0.5, 0.6) is 5.75 Å². The predicted octanol–water partition coefficient (Wildman–Crippen LogP) is 3.98. The quantitative estimate of drug-likeness (QED) is 0.480. The van der Waals surface area contributed by atoms with Crippen LogP contribution in [0.25, 0.3) is 0 Å². The number of rotatable bonds is 9. The molecule has 0 radical (unpaired) electrons. The summed E-state index contributed by atoms with van der Waals surface area (Å²) in [6.07, 6.45) is 0.515. The maximum Gasteiger partial charge on any atom is 0.305 e. The smallest absolute Gasteiger partial charge is 0.305 e. The fourth-order valence-corrected chi connectivity index (χ4v) is 2.74. The minimum absolute atomic E-state index is 0.0190. The number of nitro groups is 1. The van der Waals surface area contributed by atoms with Crippen LogP contribution in [-0.2, 0) is 4.79 Å². The van der Waals surface area contributed by atoms with E-state index in [-0.39, 0.29) is 22.7 Å². The van der Waals surface area contributed by atoms with Gasteiger partial charge in [-0.1, -0.05) is 30.7 Å². The second-order valence-corrected chi connectivity index (χ2v) is 6.37. The molecule has 1 atom stereocenters. The van der Waals surface area contributed by atoms with Crippen molar-refractivity contribution in [1.82, 2.24) is 5.32 Å². The predicted molar refractivity (Wildman–Crippen MR) is 103 cm³/mol. The standard InChI is InChI=1S/C19H19ClN2O6/c1-2-9-28-14-6-3-12(4-7-14)17(11-18(23)24)21-19(25)15-8-5-13(22(26)27)10-16(15)20/h3-8,10,17H,2,9,11H2,1H3,(H,21,25)(H,23,24)/t17-/m0/s1. The first-order chi connectivity index (χ1) is 13.3. The molecule has 0 aliphatic heterocycles. The number of non-ortho nitro benzene ring substituents is 1. The molecule has 0 saturated heterocycles. The number of nitrogens with zero attached hydrogens (tertiary/aromatic N) is 1. The van der Waals surface area contributed by atoms with Crippen LogP contribution < -0.4 is 10.1 Å². The van der Waals surface area contributed by atoms with E-state index in [1.165, 1.54) is 6.07 Å². The zero-order valence-corrected chi connectivity index (χ0v) is 15.8. The molecule has 0 fully saturated rings. The van der Waals surface area contributed by atoms with Crippen LogP contribution in [0.1, 0.15) is 41.7 Å². The number of aliphatic carboxylic acids is 1. The fourth-order valence-electron chi connectivity index (χ4n) is 2.48. The van der Waals surface area contributed by atoms with E-state index in [0.29, 0.717) is 17.9 Å². The Morgan fingerprint density at radius 2 is 1.93 bits per heavy atom. The van der Waals surface area contributed by atoms with Crippen LogP contribution in [0.4, 0.5) is 5.69 Å². The van der Waals surface area contributed by atoms with Gasteiger partial charge in [0.2, 0.25) is 0 Å². The summed E-state index contributed by atoms with van der Waals surface area (Å²) in [5.74, 6) is -1.08. The molecule has 0 bridgehead atoms. The monoisotopic (exact) mass is 406 g/mol. The number of hydrogen-bond acceptors (Lipinski definition) is 5. The van der Waals surface area contributed by atoms with E-state index in [0.717, 1.165) is 18.6 Å². The van der Waals surface area contributed by atoms with Gasteiger partial charge in [-0.25, -0.2) is 0 Å². The highest BCUT2D eigenvalue weighted by Gasteiger charge is 2.21. The van der Waals surface area contributed by atoms with Gasteiger partial charge in [-0.15, -0.1) is 0 Å². The van der Waals surface area contributed by atoms with Crippen LogP contribution in [-0.4, -0.2) is 28.5 Å². The average Bonchev–Trinajstić information content (AvgIpc) is 2.65. The Kier molecular flexibility index (Phi) is 7.34. The maximum atomic E-state index is 12.5. The molecule has 9 heteroatoms. The minimum atomic E-state index is -1.09. The van der Waals surface area contributed by atoms with Gasteiger partial charge in [-0.05, 0) is 30.2 Å². The van der Waals surface area contributed by atoms with Crippen molar-refractivity contribution in [3.05, 3.63) is 68.7 Å². The van der Waals surface area contributed by atoms with Crippen molar-refractivity contribution in [3.8, 4) is 5.75 Å². The van der Waals surface area contributed by atoms with Gasteiger partial charge in [0.15, 0.2) is 0 Å². The molecule has 2 N–H and O–H groups in total. The number of carbonyl (C=O) groups excluding carboxylic acids is 1. The summed E-state index contributed by atoms with van der Waals surface area (Å²) in [5.41, 5.74) is 0.356. The van der Waals surface area contributed by atoms with E-state index in [4.69, 9.17) is 16.3 Å². The van der Waals surface area contributed by atoms with Gasteiger partial charge in [0, 0.05) is 12.1 Å². The number of hydrogen-bond donors (Lipinski definition) is 2. The number of benzene rings is 2. The normalized spacial score (nSPS) is 11.5. The number of carbonyl (C=O) groups is 2. The Labute approximate surface area is 166 Å². The first-order valence-electron chi connectivity index (χ1n) is 8.51. The zero-order valence-electron chi connectivity index (χ0n) is 15.1. The lowest BCUT2D eigenvalue weighted by molar-refractivity contribution is -0.384. The molecular formula is C19H19ClN2O6. The van der Waals surface area contributed by atoms with Crippen LogP contribution in [0.15, 0.2) is 42.5 Å². The Morgan fingerprint density at radius 1 is 1.25 bits per heavy atom. The van der Waals surface area contributed by atoms with Crippen molar-refractivity contribution in [1.29, 1.82) is 0 Å². The van der Waals surface area contributed by atoms with Crippen molar-refractivity contribution >= 4 is 29.2 Å². The Balaban J connectivity index is 2.20. The topological polar surface area (TPSA) is 119 Å². The second-order valence-electron chi connectivity index (χ2n) is 5.96. The molecule has 148 valence electrons. The summed E-state index contributed by atoms with van der Waals surface area (Å²) in [6, 6.07) is 9.41. The highest BCUT2D eigenvalue weighted by Crippen LogP contribution is 2.25. The number of nitro benzene ring substituents is 1. The molecule has 0 aliphatic carbocycles. The SMILES string of the molecule is CCCOc1ccc([C@H](CC(=O)O)NC(=O)c2ccc([N+](=O)[O-])cc2Cl)cc1. The molecule has 8 nitrogen and oxygen atoms in total. The lowest BCUT2D eigenvalue weighted by atomic mass is 10.0. The lowest BCUT2D eigenvalue weighted by Crippen LogP contribution is -2.30. The van der Waals surface area contributed by atoms with Gasteiger partial charge in [-0.3, -0.25) is 19.7 Å². The maximum absolute atomic E-state index is 12.5. The van der Waals surface area contributed by atoms with Crippen molar-refractivity contribution in [2.75, 3.05) is 6.61 Å². The van der Waals surface area contributed by atoms with Gasteiger partial charge < -0.3 is 15.2 Å². The molecule has 1 amide bonds. The van der Waals surface area contributed by atoms with Crippen molar-refractivity contribution in [2.24, 2.45) is 0 Å². The van der Waals surface area contributed by atoms with Crippen molar-refractivity contribution < 1.29 is 24.4 Å². The molecule has 0 aliphatic rings. The molecule has 28 heavy (non-hydrogen) atoms. The number of amides is 1. The first-order valence-corrected chi connectivity index (χ1v) is 8.89. The van der Waals surface area contributed by atoms with Crippen LogP contribution in [0.3, 0.4) is 0 Å². The Bertz CT molecular complexity index is 869. The molecule has 0 unspecified atom stereocenters. The molecular weight excluding hydrogens is 388 g/mol. The lowest BCUT2D eigenvalue weighted by Gasteiger charge is -2.18. The summed E-state index contributed by atoms with van der Waals surface area (Å²) >= 11 is 5.97. The van der Waals surface area contributed by atoms with Gasteiger partial charge in [0.05, 0.1) is 34.6 Å². The number of nitrogens with one attached hydrogen (secondary N) is 1. The molecule has 2 aromatic rings. The molecule has 0 spiro atoms. The summed E-state index contributed by atoms with van der Waals surface area (Å²) < 4.78 is 5.49. The van der Waals surface area contributed by atoms with E-state index in [1.54, 1.807) is 24.3 Å². The van der Waals surface area contributed by atoms with E-state index >= 15 is 0 Å². The number of halogens is 1. The Morgan fingerprint density at radius 3 is 2.46 bits per heavy atom. The van der Waals surface area contributed by atoms with Gasteiger partial charge in [-0.2, -0.15) is 0 Å². The first kappa shape index (κ1) is 21.2. The molecule has 0 saturated carbocycles. The summed E-state index contributed by atoms with van der Waals surface area (Å²) in [7, 11) is 0. The third kappa shape index (κ3) is 5.68. The van der Waals surface area contributed by atoms with Gasteiger partial charge in [0.1, 0.15) is 5.75 Å². The summed E-state index contributed by atoms with van der Waals surface area (Å²) in [5, 5.41) is 22.5. The van der Waals surface area contributed by atoms with Gasteiger partial charge >= 0.3 is 5.97 Å². The molecule has 0 aromatic heterocycles. The van der Waals surface area contributed by atoms with E-state index in [9.17, 15) is 24.8 Å². The Hall–Kier alpha value is -3.13. The molecule has 0 heterocycles. The number of ether oxygens (including phenoxy) is 1. The summed E-state index contributed by atoms with van der Waals surface area (Å²) in [6.45, 7) is 2.55. The average molecular weight is 407 g/mol. The molecule has 2 rings (SSSR count). The second kappa shape index (κ2) is 9.70. The highest BCUT2D eigenvalue weighted by molar-refractivity contribution is 6.34. The van der Waals surface area contributed by atoms with Crippen molar-refractivity contribution in [3.63, 3.8) is 0 Å². The minimum Gasteiger partial charge on any atom is -0.494 e. The number of carboxylic acids is 1.